The van der Waals surface area contributed by atoms with Crippen molar-refractivity contribution in [2.75, 3.05) is 12.8 Å². The molecule has 0 N–H and O–H groups in total. The first-order valence-corrected chi connectivity index (χ1v) is 11.6. The van der Waals surface area contributed by atoms with E-state index in [1.807, 2.05) is 50.2 Å². The summed E-state index contributed by atoms with van der Waals surface area (Å²) in [5, 5.41) is 0.981. The third kappa shape index (κ3) is 4.83. The van der Waals surface area contributed by atoms with E-state index in [1.165, 1.54) is 23.9 Å². The number of aryl methyl sites for hydroxylation is 1. The quantitative estimate of drug-likeness (QED) is 0.295. The fourth-order valence-corrected chi connectivity index (χ4v) is 4.48. The Labute approximate surface area is 195 Å². The van der Waals surface area contributed by atoms with Gasteiger partial charge in [0, 0.05) is 7.05 Å². The lowest BCUT2D eigenvalue weighted by Gasteiger charge is -2.25. The number of fused-ring (bicyclic) bond motifs is 1. The number of benzene rings is 3. The van der Waals surface area contributed by atoms with Gasteiger partial charge in [0.25, 0.3) is 5.56 Å². The number of amides is 1. The number of thioether (sulfide) groups is 1. The maximum absolute atomic E-state index is 13.3. The van der Waals surface area contributed by atoms with Crippen LogP contribution in [0.15, 0.2) is 82.7 Å². The number of carbonyl (C=O) groups excluding carboxylic acids is 1. The summed E-state index contributed by atoms with van der Waals surface area (Å²) in [6.45, 7) is 3.88. The molecule has 1 heterocycles. The van der Waals surface area contributed by atoms with Gasteiger partial charge < -0.3 is 4.90 Å². The Balaban J connectivity index is 1.63. The van der Waals surface area contributed by atoms with Crippen LogP contribution in [0.25, 0.3) is 16.6 Å². The zero-order valence-corrected chi connectivity index (χ0v) is 19.5. The molecule has 4 aromatic rings. The molecule has 4 rings (SSSR count). The molecule has 5 nitrogen and oxygen atoms in total. The van der Waals surface area contributed by atoms with E-state index in [4.69, 9.17) is 4.98 Å². The summed E-state index contributed by atoms with van der Waals surface area (Å²) >= 11 is 1.23. The zero-order chi connectivity index (χ0) is 23.5. The van der Waals surface area contributed by atoms with Gasteiger partial charge in [0.1, 0.15) is 5.82 Å². The van der Waals surface area contributed by atoms with Crippen molar-refractivity contribution in [2.24, 2.45) is 0 Å². The molecule has 0 saturated carbocycles. The van der Waals surface area contributed by atoms with Crippen LogP contribution in [-0.2, 0) is 4.79 Å². The second kappa shape index (κ2) is 9.58. The lowest BCUT2D eigenvalue weighted by molar-refractivity contribution is -0.128. The molecular weight excluding hydrogens is 437 g/mol. The molecule has 1 atom stereocenters. The highest BCUT2D eigenvalue weighted by molar-refractivity contribution is 7.99. The Morgan fingerprint density at radius 1 is 1.06 bits per heavy atom. The molecule has 0 aliphatic rings. The van der Waals surface area contributed by atoms with Crippen molar-refractivity contribution in [1.82, 2.24) is 14.5 Å². The molecular formula is C26H24FN3O2S. The molecule has 7 heteroatoms. The van der Waals surface area contributed by atoms with Crippen molar-refractivity contribution in [3.63, 3.8) is 0 Å². The molecule has 0 fully saturated rings. The summed E-state index contributed by atoms with van der Waals surface area (Å²) in [5.41, 5.74) is 3.05. The topological polar surface area (TPSA) is 55.2 Å². The Kier molecular flexibility index (Phi) is 6.60. The number of aromatic nitrogens is 2. The van der Waals surface area contributed by atoms with Gasteiger partial charge in [0.15, 0.2) is 5.16 Å². The second-order valence-electron chi connectivity index (χ2n) is 7.91. The van der Waals surface area contributed by atoms with Gasteiger partial charge in [0.2, 0.25) is 5.91 Å². The lowest BCUT2D eigenvalue weighted by Crippen LogP contribution is -2.31. The van der Waals surface area contributed by atoms with Gasteiger partial charge in [-0.2, -0.15) is 0 Å². The summed E-state index contributed by atoms with van der Waals surface area (Å²) in [6.07, 6.45) is 0. The smallest absolute Gasteiger partial charge is 0.266 e. The van der Waals surface area contributed by atoms with E-state index in [2.05, 4.69) is 0 Å². The first-order valence-electron chi connectivity index (χ1n) is 10.6. The van der Waals surface area contributed by atoms with Crippen molar-refractivity contribution in [1.29, 1.82) is 0 Å². The van der Waals surface area contributed by atoms with Gasteiger partial charge >= 0.3 is 0 Å². The van der Waals surface area contributed by atoms with E-state index < -0.39 is 0 Å². The van der Waals surface area contributed by atoms with Crippen molar-refractivity contribution < 1.29 is 9.18 Å². The number of nitrogens with zero attached hydrogens (tertiary/aromatic N) is 3. The van der Waals surface area contributed by atoms with Crippen molar-refractivity contribution >= 4 is 28.6 Å². The summed E-state index contributed by atoms with van der Waals surface area (Å²) in [6, 6.07) is 20.7. The maximum atomic E-state index is 13.3. The van der Waals surface area contributed by atoms with E-state index in [-0.39, 0.29) is 29.1 Å². The van der Waals surface area contributed by atoms with Crippen LogP contribution >= 0.6 is 11.8 Å². The standard InChI is InChI=1S/C26H24FN3O2S/c1-17-8-14-21(15-9-17)30-25(32)22-6-4-5-7-23(22)28-26(30)33-16-24(31)29(3)18(2)19-10-12-20(27)13-11-19/h4-15,18H,16H2,1-3H3. The van der Waals surface area contributed by atoms with E-state index in [9.17, 15) is 14.0 Å². The molecule has 33 heavy (non-hydrogen) atoms. The average molecular weight is 462 g/mol. The molecule has 0 saturated heterocycles. The van der Waals surface area contributed by atoms with Gasteiger partial charge in [-0.25, -0.2) is 9.37 Å². The Bertz CT molecular complexity index is 1350. The van der Waals surface area contributed by atoms with Crippen LogP contribution in [-0.4, -0.2) is 33.2 Å². The zero-order valence-electron chi connectivity index (χ0n) is 18.7. The highest BCUT2D eigenvalue weighted by atomic mass is 32.2. The van der Waals surface area contributed by atoms with Crippen LogP contribution in [0.1, 0.15) is 24.1 Å². The normalized spacial score (nSPS) is 12.0. The third-order valence-corrected chi connectivity index (χ3v) is 6.61. The van der Waals surface area contributed by atoms with Gasteiger partial charge in [-0.1, -0.05) is 53.7 Å². The third-order valence-electron chi connectivity index (χ3n) is 5.69. The van der Waals surface area contributed by atoms with Crippen LogP contribution < -0.4 is 5.56 Å². The largest absolute Gasteiger partial charge is 0.338 e. The summed E-state index contributed by atoms with van der Waals surface area (Å²) < 4.78 is 14.8. The maximum Gasteiger partial charge on any atom is 0.266 e. The number of halogens is 1. The molecule has 0 aliphatic heterocycles. The summed E-state index contributed by atoms with van der Waals surface area (Å²) in [7, 11) is 1.72. The molecule has 0 radical (unpaired) electrons. The van der Waals surface area contributed by atoms with Gasteiger partial charge in [-0.05, 0) is 55.8 Å². The number of rotatable bonds is 6. The van der Waals surface area contributed by atoms with Crippen LogP contribution in [0.5, 0.6) is 0 Å². The molecule has 0 spiro atoms. The highest BCUT2D eigenvalue weighted by Crippen LogP contribution is 2.24. The Morgan fingerprint density at radius 3 is 2.42 bits per heavy atom. The predicted octanol–water partition coefficient (Wildman–Crippen LogP) is 5.14. The van der Waals surface area contributed by atoms with E-state index in [0.717, 1.165) is 11.1 Å². The minimum absolute atomic E-state index is 0.110. The summed E-state index contributed by atoms with van der Waals surface area (Å²) in [5.74, 6) is -0.319. The van der Waals surface area contributed by atoms with E-state index in [1.54, 1.807) is 40.8 Å². The molecule has 1 amide bonds. The number of para-hydroxylation sites is 1. The molecule has 0 aliphatic carbocycles. The number of hydrogen-bond acceptors (Lipinski definition) is 4. The molecule has 1 unspecified atom stereocenters. The Hall–Kier alpha value is -3.45. The molecule has 3 aromatic carbocycles. The van der Waals surface area contributed by atoms with Crippen molar-refractivity contribution in [3.05, 3.63) is 100 Å². The van der Waals surface area contributed by atoms with Crippen LogP contribution in [0.2, 0.25) is 0 Å². The van der Waals surface area contributed by atoms with Gasteiger partial charge in [-0.3, -0.25) is 14.2 Å². The molecule has 0 bridgehead atoms. The van der Waals surface area contributed by atoms with Gasteiger partial charge in [0.05, 0.1) is 28.4 Å². The minimum atomic E-state index is -0.313. The first kappa shape index (κ1) is 22.7. The van der Waals surface area contributed by atoms with Crippen LogP contribution in [0, 0.1) is 12.7 Å². The number of hydrogen-bond donors (Lipinski definition) is 0. The van der Waals surface area contributed by atoms with E-state index >= 15 is 0 Å². The fraction of sp³-hybridized carbons (Fsp3) is 0.192. The van der Waals surface area contributed by atoms with Crippen LogP contribution in [0.4, 0.5) is 4.39 Å². The fourth-order valence-electron chi connectivity index (χ4n) is 3.54. The first-order chi connectivity index (χ1) is 15.8. The lowest BCUT2D eigenvalue weighted by atomic mass is 10.1. The van der Waals surface area contributed by atoms with Gasteiger partial charge in [-0.15, -0.1) is 0 Å². The summed E-state index contributed by atoms with van der Waals surface area (Å²) in [4.78, 5) is 32.6. The predicted molar refractivity (Wildman–Crippen MR) is 130 cm³/mol. The monoisotopic (exact) mass is 461 g/mol. The Morgan fingerprint density at radius 2 is 1.73 bits per heavy atom. The average Bonchev–Trinajstić information content (AvgIpc) is 2.83. The van der Waals surface area contributed by atoms with E-state index in [0.29, 0.717) is 21.7 Å². The van der Waals surface area contributed by atoms with Crippen LogP contribution in [0.3, 0.4) is 0 Å². The molecule has 1 aromatic heterocycles. The molecule has 168 valence electrons. The SMILES string of the molecule is Cc1ccc(-n2c(SCC(=O)N(C)C(C)c3ccc(F)cc3)nc3ccccc3c2=O)cc1. The second-order valence-corrected chi connectivity index (χ2v) is 8.85. The van der Waals surface area contributed by atoms with Crippen molar-refractivity contribution in [2.45, 2.75) is 25.0 Å². The highest BCUT2D eigenvalue weighted by Gasteiger charge is 2.20. The minimum Gasteiger partial charge on any atom is -0.338 e. The number of carbonyl (C=O) groups is 1. The van der Waals surface area contributed by atoms with Crippen molar-refractivity contribution in [3.8, 4) is 5.69 Å².